The number of anilines is 1. The average molecular weight is 235 g/mol. The van der Waals surface area contributed by atoms with Crippen LogP contribution in [0.5, 0.6) is 0 Å². The van der Waals surface area contributed by atoms with Gasteiger partial charge in [0, 0.05) is 25.3 Å². The zero-order valence-electron chi connectivity index (χ0n) is 10.6. The van der Waals surface area contributed by atoms with Gasteiger partial charge in [0.25, 0.3) is 0 Å². The van der Waals surface area contributed by atoms with Gasteiger partial charge in [0.15, 0.2) is 0 Å². The molecule has 0 unspecified atom stereocenters. The minimum absolute atomic E-state index is 0.131. The molecule has 1 rings (SSSR count). The minimum atomic E-state index is 0.131. The molecule has 0 fully saturated rings. The number of hydrogen-bond acceptors (Lipinski definition) is 2. The molecule has 3 nitrogen and oxygen atoms in total. The molecule has 1 aromatic rings. The lowest BCUT2D eigenvalue weighted by atomic mass is 10.1. The number of benzene rings is 1. The fourth-order valence-electron chi connectivity index (χ4n) is 1.82. The molecule has 0 aliphatic carbocycles. The first kappa shape index (κ1) is 13.7. The number of hydrogen-bond donors (Lipinski definition) is 1. The van der Waals surface area contributed by atoms with E-state index in [4.69, 9.17) is 5.11 Å². The van der Waals surface area contributed by atoms with Crippen molar-refractivity contribution in [1.29, 1.82) is 0 Å². The summed E-state index contributed by atoms with van der Waals surface area (Å²) in [5.41, 5.74) is 2.12. The third-order valence-electron chi connectivity index (χ3n) is 2.73. The second-order valence-electron chi connectivity index (χ2n) is 4.16. The molecule has 0 aliphatic rings. The van der Waals surface area contributed by atoms with Crippen LogP contribution in [-0.2, 0) is 4.79 Å². The van der Waals surface area contributed by atoms with E-state index >= 15 is 0 Å². The summed E-state index contributed by atoms with van der Waals surface area (Å²) in [4.78, 5) is 13.8. The molecule has 1 aromatic carbocycles. The van der Waals surface area contributed by atoms with E-state index in [1.54, 1.807) is 4.90 Å². The molecule has 1 N–H and O–H groups in total. The maximum atomic E-state index is 12.0. The molecule has 0 spiro atoms. The first-order chi connectivity index (χ1) is 8.19. The summed E-state index contributed by atoms with van der Waals surface area (Å²) in [5, 5.41) is 8.70. The summed E-state index contributed by atoms with van der Waals surface area (Å²) in [6, 6.07) is 7.97. The van der Waals surface area contributed by atoms with Gasteiger partial charge in [0.05, 0.1) is 0 Å². The highest BCUT2D eigenvalue weighted by Gasteiger charge is 2.12. The van der Waals surface area contributed by atoms with Crippen LogP contribution in [0.25, 0.3) is 0 Å². The van der Waals surface area contributed by atoms with Crippen LogP contribution < -0.4 is 4.90 Å². The topological polar surface area (TPSA) is 40.5 Å². The van der Waals surface area contributed by atoms with Gasteiger partial charge in [-0.1, -0.05) is 12.1 Å². The zero-order chi connectivity index (χ0) is 12.7. The molecular weight excluding hydrogens is 214 g/mol. The van der Waals surface area contributed by atoms with Gasteiger partial charge < -0.3 is 10.0 Å². The molecule has 0 aromatic heterocycles. The van der Waals surface area contributed by atoms with Gasteiger partial charge >= 0.3 is 0 Å². The van der Waals surface area contributed by atoms with Crippen LogP contribution in [-0.4, -0.2) is 24.2 Å². The van der Waals surface area contributed by atoms with E-state index in [9.17, 15) is 4.79 Å². The number of nitrogens with zero attached hydrogens (tertiary/aromatic N) is 1. The number of aliphatic hydroxyl groups is 1. The Hall–Kier alpha value is -1.35. The van der Waals surface area contributed by atoms with Crippen molar-refractivity contribution < 1.29 is 9.90 Å². The monoisotopic (exact) mass is 235 g/mol. The molecule has 17 heavy (non-hydrogen) atoms. The number of aryl methyl sites for hydroxylation is 1. The smallest absolute Gasteiger partial charge is 0.226 e. The molecule has 0 atom stereocenters. The van der Waals surface area contributed by atoms with Crippen molar-refractivity contribution in [2.45, 2.75) is 33.1 Å². The van der Waals surface area contributed by atoms with Crippen LogP contribution >= 0.6 is 0 Å². The maximum Gasteiger partial charge on any atom is 0.226 e. The Labute approximate surface area is 103 Å². The standard InChI is InChI=1S/C14H21NO2/c1-3-15(14(17)9-4-5-10-16)13-8-6-7-12(2)11-13/h6-8,11,16H,3-5,9-10H2,1-2H3. The quantitative estimate of drug-likeness (QED) is 0.770. The molecule has 3 heteroatoms. The first-order valence-corrected chi connectivity index (χ1v) is 6.17. The fourth-order valence-corrected chi connectivity index (χ4v) is 1.82. The highest BCUT2D eigenvalue weighted by Crippen LogP contribution is 2.17. The predicted octanol–water partition coefficient (Wildman–Crippen LogP) is 2.51. The maximum absolute atomic E-state index is 12.0. The summed E-state index contributed by atoms with van der Waals surface area (Å²) in [6.45, 7) is 4.84. The number of amides is 1. The van der Waals surface area contributed by atoms with Gasteiger partial charge in [-0.05, 0) is 44.4 Å². The Morgan fingerprint density at radius 2 is 2.12 bits per heavy atom. The average Bonchev–Trinajstić information content (AvgIpc) is 2.30. The third kappa shape index (κ3) is 4.19. The largest absolute Gasteiger partial charge is 0.396 e. The molecule has 0 bridgehead atoms. The molecule has 0 aliphatic heterocycles. The van der Waals surface area contributed by atoms with Crippen LogP contribution in [0.2, 0.25) is 0 Å². The van der Waals surface area contributed by atoms with E-state index in [0.29, 0.717) is 19.4 Å². The van der Waals surface area contributed by atoms with Crippen molar-refractivity contribution >= 4 is 11.6 Å². The summed E-state index contributed by atoms with van der Waals surface area (Å²) >= 11 is 0. The molecular formula is C14H21NO2. The molecule has 94 valence electrons. The zero-order valence-corrected chi connectivity index (χ0v) is 10.6. The van der Waals surface area contributed by atoms with Crippen LogP contribution in [0.4, 0.5) is 5.69 Å². The number of carbonyl (C=O) groups excluding carboxylic acids is 1. The second-order valence-corrected chi connectivity index (χ2v) is 4.16. The van der Waals surface area contributed by atoms with E-state index in [-0.39, 0.29) is 12.5 Å². The summed E-state index contributed by atoms with van der Waals surface area (Å²) in [6.07, 6.45) is 1.94. The molecule has 0 saturated carbocycles. The Balaban J connectivity index is 2.67. The summed E-state index contributed by atoms with van der Waals surface area (Å²) < 4.78 is 0. The first-order valence-electron chi connectivity index (χ1n) is 6.17. The van der Waals surface area contributed by atoms with Crippen molar-refractivity contribution in [1.82, 2.24) is 0 Å². The lowest BCUT2D eigenvalue weighted by Crippen LogP contribution is -2.30. The molecule has 1 amide bonds. The fraction of sp³-hybridized carbons (Fsp3) is 0.500. The Morgan fingerprint density at radius 3 is 2.71 bits per heavy atom. The van der Waals surface area contributed by atoms with Gasteiger partial charge in [-0.15, -0.1) is 0 Å². The molecule has 0 saturated heterocycles. The number of unbranched alkanes of at least 4 members (excludes halogenated alkanes) is 1. The Morgan fingerprint density at radius 1 is 1.35 bits per heavy atom. The third-order valence-corrected chi connectivity index (χ3v) is 2.73. The van der Waals surface area contributed by atoms with Crippen molar-refractivity contribution in [3.63, 3.8) is 0 Å². The number of aliphatic hydroxyl groups excluding tert-OH is 1. The highest BCUT2D eigenvalue weighted by molar-refractivity contribution is 5.93. The van der Waals surface area contributed by atoms with Crippen molar-refractivity contribution in [3.8, 4) is 0 Å². The van der Waals surface area contributed by atoms with E-state index in [1.165, 1.54) is 0 Å². The lowest BCUT2D eigenvalue weighted by molar-refractivity contribution is -0.118. The van der Waals surface area contributed by atoms with E-state index in [1.807, 2.05) is 38.1 Å². The van der Waals surface area contributed by atoms with E-state index in [2.05, 4.69) is 0 Å². The lowest BCUT2D eigenvalue weighted by Gasteiger charge is -2.21. The van der Waals surface area contributed by atoms with E-state index in [0.717, 1.165) is 17.7 Å². The van der Waals surface area contributed by atoms with Crippen LogP contribution in [0.15, 0.2) is 24.3 Å². The molecule has 0 heterocycles. The minimum Gasteiger partial charge on any atom is -0.396 e. The van der Waals surface area contributed by atoms with Gasteiger partial charge in [-0.3, -0.25) is 4.79 Å². The van der Waals surface area contributed by atoms with Gasteiger partial charge in [0.1, 0.15) is 0 Å². The Bertz CT molecular complexity index is 363. The molecule has 0 radical (unpaired) electrons. The van der Waals surface area contributed by atoms with Crippen LogP contribution in [0.3, 0.4) is 0 Å². The SMILES string of the molecule is CCN(C(=O)CCCCO)c1cccc(C)c1. The van der Waals surface area contributed by atoms with Crippen molar-refractivity contribution in [2.24, 2.45) is 0 Å². The highest BCUT2D eigenvalue weighted by atomic mass is 16.3. The Kier molecular flexibility index (Phi) is 5.70. The number of carbonyl (C=O) groups is 1. The predicted molar refractivity (Wildman–Crippen MR) is 70.1 cm³/mol. The van der Waals surface area contributed by atoms with Crippen LogP contribution in [0.1, 0.15) is 31.7 Å². The second kappa shape index (κ2) is 7.07. The number of rotatable bonds is 6. The van der Waals surface area contributed by atoms with Gasteiger partial charge in [-0.2, -0.15) is 0 Å². The summed E-state index contributed by atoms with van der Waals surface area (Å²) in [5.74, 6) is 0.131. The van der Waals surface area contributed by atoms with Gasteiger partial charge in [-0.25, -0.2) is 0 Å². The van der Waals surface area contributed by atoms with Crippen LogP contribution in [0, 0.1) is 6.92 Å². The van der Waals surface area contributed by atoms with Crippen molar-refractivity contribution in [2.75, 3.05) is 18.1 Å². The summed E-state index contributed by atoms with van der Waals surface area (Å²) in [7, 11) is 0. The van der Waals surface area contributed by atoms with Gasteiger partial charge in [0.2, 0.25) is 5.91 Å². The van der Waals surface area contributed by atoms with E-state index < -0.39 is 0 Å². The normalized spacial score (nSPS) is 10.3. The van der Waals surface area contributed by atoms with Crippen molar-refractivity contribution in [3.05, 3.63) is 29.8 Å².